The minimum Gasteiger partial charge on any atom is -0.390 e. The highest BCUT2D eigenvalue weighted by molar-refractivity contribution is 9.10. The topological polar surface area (TPSA) is 48.9 Å². The monoisotopic (exact) mass is 320 g/mol. The summed E-state index contributed by atoms with van der Waals surface area (Å²) in [5, 5.41) is 8.87. The fourth-order valence-corrected chi connectivity index (χ4v) is 1.89. The van der Waals surface area contributed by atoms with Crippen molar-refractivity contribution in [1.82, 2.24) is 9.97 Å². The first-order chi connectivity index (χ1) is 8.41. The first kappa shape index (κ1) is 13.1. The number of aliphatic hydroxyl groups is 1. The number of aliphatic hydroxyl groups excluding tert-OH is 1. The largest absolute Gasteiger partial charge is 0.417 e. The Morgan fingerprint density at radius 3 is 2.61 bits per heavy atom. The molecule has 1 aromatic heterocycles. The van der Waals surface area contributed by atoms with Gasteiger partial charge in [-0.3, -0.25) is 0 Å². The van der Waals surface area contributed by atoms with Crippen molar-refractivity contribution in [3.63, 3.8) is 0 Å². The summed E-state index contributed by atoms with van der Waals surface area (Å²) in [4.78, 5) is 6.46. The summed E-state index contributed by atoms with van der Waals surface area (Å²) in [7, 11) is 0. The zero-order valence-electron chi connectivity index (χ0n) is 8.92. The molecule has 0 aliphatic rings. The molecule has 0 fully saturated rings. The lowest BCUT2D eigenvalue weighted by atomic mass is 10.1. The number of hydrogen-bond donors (Lipinski definition) is 2. The molecule has 0 saturated heterocycles. The lowest BCUT2D eigenvalue weighted by molar-refractivity contribution is -0.137. The second kappa shape index (κ2) is 4.74. The fraction of sp³-hybridized carbons (Fsp3) is 0.182. The Balaban J connectivity index is 2.56. The van der Waals surface area contributed by atoms with E-state index >= 15 is 0 Å². The standard InChI is InChI=1S/C11H8BrF3N2O/c12-6-1-2-8(9(3-6)11(13,14)15)10-16-4-7(5-18)17-10/h1-4,18H,5H2,(H,16,17). The van der Waals surface area contributed by atoms with Gasteiger partial charge in [0.05, 0.1) is 24.1 Å². The molecule has 1 aromatic carbocycles. The zero-order chi connectivity index (χ0) is 13.3. The number of hydrogen-bond acceptors (Lipinski definition) is 2. The lowest BCUT2D eigenvalue weighted by Gasteiger charge is -2.11. The maximum Gasteiger partial charge on any atom is 0.417 e. The van der Waals surface area contributed by atoms with Gasteiger partial charge in [-0.15, -0.1) is 0 Å². The van der Waals surface area contributed by atoms with E-state index in [1.165, 1.54) is 18.3 Å². The highest BCUT2D eigenvalue weighted by Crippen LogP contribution is 2.37. The number of imidazole rings is 1. The van der Waals surface area contributed by atoms with Gasteiger partial charge < -0.3 is 10.1 Å². The van der Waals surface area contributed by atoms with Crippen molar-refractivity contribution in [3.05, 3.63) is 40.1 Å². The summed E-state index contributed by atoms with van der Waals surface area (Å²) in [5.41, 5.74) is -0.470. The normalized spacial score (nSPS) is 11.8. The van der Waals surface area contributed by atoms with Crippen LogP contribution in [0, 0.1) is 0 Å². The molecule has 2 rings (SSSR count). The van der Waals surface area contributed by atoms with E-state index in [0.29, 0.717) is 10.2 Å². The van der Waals surface area contributed by atoms with Crippen molar-refractivity contribution in [3.8, 4) is 11.4 Å². The van der Waals surface area contributed by atoms with Crippen LogP contribution in [-0.2, 0) is 12.8 Å². The molecule has 0 saturated carbocycles. The lowest BCUT2D eigenvalue weighted by Crippen LogP contribution is -2.07. The zero-order valence-corrected chi connectivity index (χ0v) is 10.5. The maximum atomic E-state index is 12.9. The van der Waals surface area contributed by atoms with E-state index in [0.717, 1.165) is 6.07 Å². The van der Waals surface area contributed by atoms with Crippen molar-refractivity contribution >= 4 is 15.9 Å². The minimum atomic E-state index is -4.47. The molecular formula is C11H8BrF3N2O. The van der Waals surface area contributed by atoms with Gasteiger partial charge in [-0.05, 0) is 18.2 Å². The third-order valence-corrected chi connectivity index (χ3v) is 2.83. The van der Waals surface area contributed by atoms with Crippen LogP contribution < -0.4 is 0 Å². The van der Waals surface area contributed by atoms with E-state index in [1.807, 2.05) is 0 Å². The first-order valence-electron chi connectivity index (χ1n) is 4.93. The number of nitrogens with one attached hydrogen (secondary N) is 1. The molecule has 0 aliphatic heterocycles. The third-order valence-electron chi connectivity index (χ3n) is 2.34. The van der Waals surface area contributed by atoms with E-state index < -0.39 is 11.7 Å². The number of H-pyrrole nitrogens is 1. The number of aromatic amines is 1. The molecule has 0 aliphatic carbocycles. The van der Waals surface area contributed by atoms with Gasteiger partial charge in [-0.25, -0.2) is 4.98 Å². The van der Waals surface area contributed by atoms with Crippen molar-refractivity contribution < 1.29 is 18.3 Å². The van der Waals surface area contributed by atoms with Crippen LogP contribution in [0.4, 0.5) is 13.2 Å². The van der Waals surface area contributed by atoms with Crippen LogP contribution in [0.2, 0.25) is 0 Å². The van der Waals surface area contributed by atoms with Gasteiger partial charge in [-0.1, -0.05) is 15.9 Å². The van der Waals surface area contributed by atoms with Crippen LogP contribution in [0.25, 0.3) is 11.4 Å². The van der Waals surface area contributed by atoms with Crippen LogP contribution in [0.1, 0.15) is 11.3 Å². The van der Waals surface area contributed by atoms with Gasteiger partial charge in [0.15, 0.2) is 0 Å². The van der Waals surface area contributed by atoms with Crippen LogP contribution in [0.3, 0.4) is 0 Å². The SMILES string of the molecule is OCc1cnc(-c2ccc(Br)cc2C(F)(F)F)[nH]1. The number of rotatable bonds is 2. The van der Waals surface area contributed by atoms with E-state index in [4.69, 9.17) is 5.11 Å². The predicted octanol–water partition coefficient (Wildman–Crippen LogP) is 3.35. The molecule has 18 heavy (non-hydrogen) atoms. The number of benzene rings is 1. The summed E-state index contributed by atoms with van der Waals surface area (Å²) in [6.07, 6.45) is -3.16. The molecule has 0 unspecified atom stereocenters. The molecule has 0 bridgehead atoms. The quantitative estimate of drug-likeness (QED) is 0.891. The Labute approximate surface area is 109 Å². The molecule has 0 amide bonds. The fourth-order valence-electron chi connectivity index (χ4n) is 1.53. The minimum absolute atomic E-state index is 0.0506. The number of halogens is 4. The second-order valence-electron chi connectivity index (χ2n) is 3.60. The number of nitrogens with zero attached hydrogens (tertiary/aromatic N) is 1. The Kier molecular flexibility index (Phi) is 3.45. The van der Waals surface area contributed by atoms with Crippen molar-refractivity contribution in [2.45, 2.75) is 12.8 Å². The smallest absolute Gasteiger partial charge is 0.390 e. The van der Waals surface area contributed by atoms with Gasteiger partial charge in [0, 0.05) is 10.0 Å². The molecule has 7 heteroatoms. The molecular weight excluding hydrogens is 313 g/mol. The molecule has 0 radical (unpaired) electrons. The van der Waals surface area contributed by atoms with Crippen LogP contribution in [0.5, 0.6) is 0 Å². The van der Waals surface area contributed by atoms with Crippen molar-refractivity contribution in [2.24, 2.45) is 0 Å². The maximum absolute atomic E-state index is 12.9. The summed E-state index contributed by atoms with van der Waals surface area (Å²) >= 11 is 3.01. The van der Waals surface area contributed by atoms with Gasteiger partial charge in [0.2, 0.25) is 0 Å². The molecule has 3 nitrogen and oxygen atoms in total. The highest BCUT2D eigenvalue weighted by atomic mass is 79.9. The second-order valence-corrected chi connectivity index (χ2v) is 4.52. The third kappa shape index (κ3) is 2.56. The number of aromatic nitrogens is 2. The van der Waals surface area contributed by atoms with Crippen LogP contribution >= 0.6 is 15.9 Å². The highest BCUT2D eigenvalue weighted by Gasteiger charge is 2.34. The summed E-state index contributed by atoms with van der Waals surface area (Å²) in [5.74, 6) is 0.0823. The Morgan fingerprint density at radius 2 is 2.06 bits per heavy atom. The Bertz CT molecular complexity index is 566. The molecule has 0 atom stereocenters. The Morgan fingerprint density at radius 1 is 1.33 bits per heavy atom. The predicted molar refractivity (Wildman–Crippen MR) is 62.6 cm³/mol. The van der Waals surface area contributed by atoms with Gasteiger partial charge in [0.1, 0.15) is 5.82 Å². The molecule has 2 aromatic rings. The van der Waals surface area contributed by atoms with Gasteiger partial charge in [0.25, 0.3) is 0 Å². The molecule has 2 N–H and O–H groups in total. The summed E-state index contributed by atoms with van der Waals surface area (Å²) in [6.45, 7) is -0.301. The number of alkyl halides is 3. The molecule has 1 heterocycles. The molecule has 96 valence electrons. The van der Waals surface area contributed by atoms with Crippen molar-refractivity contribution in [2.75, 3.05) is 0 Å². The van der Waals surface area contributed by atoms with E-state index in [1.54, 1.807) is 0 Å². The van der Waals surface area contributed by atoms with Gasteiger partial charge >= 0.3 is 6.18 Å². The van der Waals surface area contributed by atoms with E-state index in [-0.39, 0.29) is 18.0 Å². The van der Waals surface area contributed by atoms with Gasteiger partial charge in [-0.2, -0.15) is 13.2 Å². The van der Waals surface area contributed by atoms with Crippen molar-refractivity contribution in [1.29, 1.82) is 0 Å². The molecule has 0 spiro atoms. The Hall–Kier alpha value is -1.34. The average Bonchev–Trinajstić information content (AvgIpc) is 2.76. The summed E-state index contributed by atoms with van der Waals surface area (Å²) < 4.78 is 39.0. The van der Waals surface area contributed by atoms with E-state index in [2.05, 4.69) is 25.9 Å². The first-order valence-corrected chi connectivity index (χ1v) is 5.73. The van der Waals surface area contributed by atoms with E-state index in [9.17, 15) is 13.2 Å². The summed E-state index contributed by atoms with van der Waals surface area (Å²) in [6, 6.07) is 3.83. The van der Waals surface area contributed by atoms with Crippen LogP contribution in [0.15, 0.2) is 28.9 Å². The average molecular weight is 321 g/mol. The van der Waals surface area contributed by atoms with Crippen LogP contribution in [-0.4, -0.2) is 15.1 Å².